The van der Waals surface area contributed by atoms with Gasteiger partial charge < -0.3 is 35.0 Å². The number of oxime groups is 1. The van der Waals surface area contributed by atoms with Gasteiger partial charge in [-0.15, -0.1) is 23.1 Å². The molecule has 1 fully saturated rings. The van der Waals surface area contributed by atoms with E-state index in [9.17, 15) is 24.0 Å². The summed E-state index contributed by atoms with van der Waals surface area (Å²) in [6.07, 6.45) is -0.654. The van der Waals surface area contributed by atoms with Crippen LogP contribution in [0.25, 0.3) is 0 Å². The van der Waals surface area contributed by atoms with Gasteiger partial charge in [0.15, 0.2) is 10.8 Å². The summed E-state index contributed by atoms with van der Waals surface area (Å²) in [5.74, 6) is -2.73. The van der Waals surface area contributed by atoms with E-state index in [0.29, 0.717) is 5.57 Å². The average Bonchev–Trinajstić information content (AvgIpc) is 3.32. The molecule has 3 rings (SSSR count). The molecule has 17 heteroatoms. The van der Waals surface area contributed by atoms with Crippen molar-refractivity contribution in [3.63, 3.8) is 0 Å². The van der Waals surface area contributed by atoms with Crippen molar-refractivity contribution in [2.24, 2.45) is 10.6 Å². The van der Waals surface area contributed by atoms with Crippen LogP contribution in [0.15, 0.2) is 21.8 Å². The normalized spacial score (nSPS) is 18.8. The Balaban J connectivity index is 1.79. The highest BCUT2D eigenvalue weighted by Crippen LogP contribution is 2.41. The van der Waals surface area contributed by atoms with Crippen molar-refractivity contribution in [3.05, 3.63) is 22.3 Å². The molecule has 1 aromatic heterocycles. The topological polar surface area (TPSA) is 192 Å². The Kier molecular flexibility index (Phi) is 9.62. The van der Waals surface area contributed by atoms with E-state index in [1.54, 1.807) is 20.8 Å². The molecule has 0 bridgehead atoms. The van der Waals surface area contributed by atoms with Crippen LogP contribution in [0.1, 0.15) is 26.5 Å². The summed E-state index contributed by atoms with van der Waals surface area (Å²) < 4.78 is 15.4. The summed E-state index contributed by atoms with van der Waals surface area (Å²) in [6, 6.07) is -1.03. The molecule has 1 unspecified atom stereocenters. The van der Waals surface area contributed by atoms with Crippen molar-refractivity contribution in [2.75, 3.05) is 46.1 Å². The van der Waals surface area contributed by atoms with Crippen LogP contribution in [-0.4, -0.2) is 102 Å². The van der Waals surface area contributed by atoms with Gasteiger partial charge in [-0.2, -0.15) is 0 Å². The molecule has 3 N–H and O–H groups in total. The lowest BCUT2D eigenvalue weighted by molar-refractivity contribution is -0.173. The second-order valence-corrected chi connectivity index (χ2v) is 11.7. The van der Waals surface area contributed by atoms with Crippen molar-refractivity contribution < 1.29 is 43.0 Å². The second kappa shape index (κ2) is 12.5. The zero-order valence-electron chi connectivity index (χ0n) is 22.7. The number of nitrogens with two attached hydrogens (primary N) is 1. The summed E-state index contributed by atoms with van der Waals surface area (Å²) in [6.45, 7) is 3.94. The number of thiazole rings is 1. The van der Waals surface area contributed by atoms with E-state index in [1.165, 1.54) is 43.2 Å². The number of nitrogen functional groups attached to an aromatic ring is 1. The molecule has 1 saturated heterocycles. The number of carbonyl (C=O) groups excluding carboxylic acids is 5. The van der Waals surface area contributed by atoms with E-state index in [1.807, 2.05) is 0 Å². The number of ether oxygens (including phenoxy) is 3. The molecular formula is C23H30N6O9S2. The molecule has 0 spiro atoms. The maximum atomic E-state index is 13.2. The first kappa shape index (κ1) is 30.7. The summed E-state index contributed by atoms with van der Waals surface area (Å²) in [7, 11) is 4.24. The number of nitrogens with zero attached hydrogens (tertiary/aromatic N) is 4. The minimum absolute atomic E-state index is 0.157. The number of hydrogen-bond acceptors (Lipinski definition) is 14. The van der Waals surface area contributed by atoms with E-state index in [2.05, 4.69) is 15.5 Å². The van der Waals surface area contributed by atoms with E-state index >= 15 is 0 Å². The molecule has 2 aliphatic rings. The number of aromatic nitrogens is 1. The highest BCUT2D eigenvalue weighted by molar-refractivity contribution is 8.00. The fourth-order valence-electron chi connectivity index (χ4n) is 3.38. The van der Waals surface area contributed by atoms with Crippen LogP contribution < -0.4 is 11.1 Å². The standard InChI is InChI=1S/C23H30N6O9S2/c1-23(2,3)20(33)38-10-37-19(32)15-11(7-36-22(34)28(4)5)8-39-18-14(17(31)29(15)18)26-16(30)13(27-35-6)12-9-40-21(24)25-12/h9,14,18H,7-8,10H2,1-6H3,(H2,24,25)(H,26,30)/t14?,18-/m1/s1. The molecule has 15 nitrogen and oxygen atoms in total. The van der Waals surface area contributed by atoms with E-state index in [4.69, 9.17) is 24.8 Å². The molecule has 2 aliphatic heterocycles. The molecule has 40 heavy (non-hydrogen) atoms. The number of hydrogen-bond donors (Lipinski definition) is 2. The van der Waals surface area contributed by atoms with Crippen LogP contribution in [0, 0.1) is 5.41 Å². The van der Waals surface area contributed by atoms with Crippen molar-refractivity contribution in [1.82, 2.24) is 20.1 Å². The molecule has 218 valence electrons. The molecule has 0 saturated carbocycles. The zero-order valence-corrected chi connectivity index (χ0v) is 24.3. The SMILES string of the molecule is CON=C(C(=O)NC1C(=O)N2C(C(=O)OCOC(=O)C(C)(C)C)=C(COC(=O)N(C)C)CS[C@H]12)c1csc(N)n1. The Morgan fingerprint density at radius 1 is 1.23 bits per heavy atom. The Labute approximate surface area is 238 Å². The molecule has 2 atom stereocenters. The number of anilines is 1. The van der Waals surface area contributed by atoms with Gasteiger partial charge in [-0.1, -0.05) is 5.16 Å². The summed E-state index contributed by atoms with van der Waals surface area (Å²) in [5.41, 5.74) is 4.97. The second-order valence-electron chi connectivity index (χ2n) is 9.69. The van der Waals surface area contributed by atoms with Crippen LogP contribution in [0.4, 0.5) is 9.93 Å². The first-order valence-electron chi connectivity index (χ1n) is 11.7. The lowest BCUT2D eigenvalue weighted by atomic mass is 9.98. The summed E-state index contributed by atoms with van der Waals surface area (Å²) in [5, 5.41) is 7.35. The Bertz CT molecular complexity index is 1250. The molecule has 1 aromatic rings. The van der Waals surface area contributed by atoms with Crippen molar-refractivity contribution >= 4 is 63.8 Å². The number of esters is 2. The third-order valence-corrected chi connectivity index (χ3v) is 7.43. The number of rotatable bonds is 9. The highest BCUT2D eigenvalue weighted by Gasteiger charge is 2.55. The quantitative estimate of drug-likeness (QED) is 0.132. The Morgan fingerprint density at radius 3 is 2.50 bits per heavy atom. The minimum Gasteiger partial charge on any atom is -0.445 e. The van der Waals surface area contributed by atoms with Gasteiger partial charge in [0, 0.05) is 30.8 Å². The highest BCUT2D eigenvalue weighted by atomic mass is 32.2. The van der Waals surface area contributed by atoms with Crippen molar-refractivity contribution in [1.29, 1.82) is 0 Å². The Morgan fingerprint density at radius 2 is 1.93 bits per heavy atom. The van der Waals surface area contributed by atoms with Crippen LogP contribution >= 0.6 is 23.1 Å². The van der Waals surface area contributed by atoms with E-state index in [-0.39, 0.29) is 34.6 Å². The van der Waals surface area contributed by atoms with Gasteiger partial charge in [-0.05, 0) is 20.8 Å². The van der Waals surface area contributed by atoms with E-state index in [0.717, 1.165) is 16.2 Å². The predicted octanol–water partition coefficient (Wildman–Crippen LogP) is 0.518. The van der Waals surface area contributed by atoms with Gasteiger partial charge in [-0.3, -0.25) is 19.3 Å². The summed E-state index contributed by atoms with van der Waals surface area (Å²) in [4.78, 5) is 74.5. The average molecular weight is 599 g/mol. The van der Waals surface area contributed by atoms with Gasteiger partial charge in [-0.25, -0.2) is 14.6 Å². The number of fused-ring (bicyclic) bond motifs is 1. The molecule has 0 aromatic carbocycles. The van der Waals surface area contributed by atoms with Gasteiger partial charge in [0.05, 0.1) is 5.41 Å². The van der Waals surface area contributed by atoms with Crippen molar-refractivity contribution in [3.8, 4) is 0 Å². The molecule has 0 radical (unpaired) electrons. The number of thioether (sulfide) groups is 1. The van der Waals surface area contributed by atoms with E-state index < -0.39 is 53.5 Å². The fraction of sp³-hybridized carbons (Fsp3) is 0.522. The monoisotopic (exact) mass is 598 g/mol. The zero-order chi connectivity index (χ0) is 29.8. The first-order chi connectivity index (χ1) is 18.8. The molecule has 0 aliphatic carbocycles. The Hall–Kier alpha value is -3.86. The largest absolute Gasteiger partial charge is 0.445 e. The van der Waals surface area contributed by atoms with Gasteiger partial charge >= 0.3 is 18.0 Å². The fourth-order valence-corrected chi connectivity index (χ4v) is 5.26. The maximum Gasteiger partial charge on any atom is 0.409 e. The third-order valence-electron chi connectivity index (χ3n) is 5.42. The van der Waals surface area contributed by atoms with Gasteiger partial charge in [0.1, 0.15) is 36.5 Å². The lowest BCUT2D eigenvalue weighted by Crippen LogP contribution is -2.71. The number of β-lactam (4-membered cyclic amide) rings is 1. The van der Waals surface area contributed by atoms with Gasteiger partial charge in [0.25, 0.3) is 11.8 Å². The van der Waals surface area contributed by atoms with Crippen LogP contribution in [-0.2, 0) is 38.2 Å². The first-order valence-corrected chi connectivity index (χ1v) is 13.7. The number of nitrogens with one attached hydrogen (secondary N) is 1. The lowest BCUT2D eigenvalue weighted by Gasteiger charge is -2.49. The van der Waals surface area contributed by atoms with Gasteiger partial charge in [0.2, 0.25) is 6.79 Å². The maximum absolute atomic E-state index is 13.2. The number of carbonyl (C=O) groups is 5. The third kappa shape index (κ3) is 6.82. The summed E-state index contributed by atoms with van der Waals surface area (Å²) >= 11 is 2.34. The predicted molar refractivity (Wildman–Crippen MR) is 144 cm³/mol. The van der Waals surface area contributed by atoms with Crippen LogP contribution in [0.5, 0.6) is 0 Å². The molecule has 3 amide bonds. The smallest absolute Gasteiger partial charge is 0.409 e. The molecular weight excluding hydrogens is 568 g/mol. The van der Waals surface area contributed by atoms with Crippen molar-refractivity contribution in [2.45, 2.75) is 32.2 Å². The minimum atomic E-state index is -1.03. The van der Waals surface area contributed by atoms with Crippen LogP contribution in [0.2, 0.25) is 0 Å². The van der Waals surface area contributed by atoms with Crippen LogP contribution in [0.3, 0.4) is 0 Å². The number of amides is 3. The molecule has 3 heterocycles.